The lowest BCUT2D eigenvalue weighted by Gasteiger charge is -2.06. The molecule has 2 N–H and O–H groups in total. The highest BCUT2D eigenvalue weighted by Crippen LogP contribution is 2.23. The van der Waals surface area contributed by atoms with Gasteiger partial charge in [0.1, 0.15) is 0 Å². The number of rotatable bonds is 2. The summed E-state index contributed by atoms with van der Waals surface area (Å²) >= 11 is 3.48. The van der Waals surface area contributed by atoms with Crippen LogP contribution in [0.5, 0.6) is 0 Å². The van der Waals surface area contributed by atoms with Gasteiger partial charge in [0.2, 0.25) is 0 Å². The minimum atomic E-state index is 0.417. The summed E-state index contributed by atoms with van der Waals surface area (Å²) in [5, 5.41) is 12.4. The predicted octanol–water partition coefficient (Wildman–Crippen LogP) is 1.50. The Kier molecular flexibility index (Phi) is 3.02. The van der Waals surface area contributed by atoms with Crippen molar-refractivity contribution in [3.05, 3.63) is 33.7 Å². The third-order valence-electron chi connectivity index (χ3n) is 2.41. The van der Waals surface area contributed by atoms with Crippen molar-refractivity contribution >= 4 is 15.9 Å². The maximum atomic E-state index is 5.66. The van der Waals surface area contributed by atoms with E-state index in [1.165, 1.54) is 0 Å². The van der Waals surface area contributed by atoms with Crippen LogP contribution in [0.2, 0.25) is 0 Å². The molecular weight excluding hydrogens is 270 g/mol. The van der Waals surface area contributed by atoms with Crippen LogP contribution in [0, 0.1) is 13.8 Å². The molecular formula is C10H12BrN5. The molecule has 16 heavy (non-hydrogen) atoms. The number of aryl methyl sites for hydroxylation is 1. The molecule has 0 aliphatic carbocycles. The molecule has 0 spiro atoms. The number of nitrogens with two attached hydrogens (primary N) is 1. The van der Waals surface area contributed by atoms with E-state index >= 15 is 0 Å². The Morgan fingerprint density at radius 3 is 2.75 bits per heavy atom. The molecule has 0 atom stereocenters. The molecule has 0 radical (unpaired) electrons. The van der Waals surface area contributed by atoms with Crippen molar-refractivity contribution < 1.29 is 0 Å². The average Bonchev–Trinajstić information content (AvgIpc) is 2.57. The van der Waals surface area contributed by atoms with Gasteiger partial charge in [-0.3, -0.25) is 0 Å². The maximum Gasteiger partial charge on any atom is 0.180 e. The minimum absolute atomic E-state index is 0.417. The van der Waals surface area contributed by atoms with Crippen LogP contribution >= 0.6 is 15.9 Å². The Morgan fingerprint density at radius 1 is 1.44 bits per heavy atom. The molecule has 0 unspecified atom stereocenters. The number of hydrogen-bond donors (Lipinski definition) is 1. The molecule has 84 valence electrons. The number of hydrogen-bond acceptors (Lipinski definition) is 4. The average molecular weight is 282 g/mol. The van der Waals surface area contributed by atoms with Crippen molar-refractivity contribution in [1.82, 2.24) is 20.0 Å². The van der Waals surface area contributed by atoms with E-state index in [0.717, 1.165) is 21.4 Å². The van der Waals surface area contributed by atoms with Gasteiger partial charge in [-0.1, -0.05) is 0 Å². The van der Waals surface area contributed by atoms with Crippen molar-refractivity contribution in [2.45, 2.75) is 20.4 Å². The zero-order valence-electron chi connectivity index (χ0n) is 9.11. The van der Waals surface area contributed by atoms with Gasteiger partial charge in [0.05, 0.1) is 22.1 Å². The lowest BCUT2D eigenvalue weighted by atomic mass is 10.3. The summed E-state index contributed by atoms with van der Waals surface area (Å²) in [5.41, 5.74) is 8.50. The highest BCUT2D eigenvalue weighted by atomic mass is 79.9. The molecule has 0 saturated carbocycles. The third-order valence-corrected chi connectivity index (χ3v) is 3.55. The van der Waals surface area contributed by atoms with E-state index in [-0.39, 0.29) is 0 Å². The van der Waals surface area contributed by atoms with Crippen molar-refractivity contribution in [1.29, 1.82) is 0 Å². The highest BCUT2D eigenvalue weighted by molar-refractivity contribution is 9.10. The first kappa shape index (κ1) is 11.2. The Morgan fingerprint density at radius 2 is 2.19 bits per heavy atom. The summed E-state index contributed by atoms with van der Waals surface area (Å²) in [6.45, 7) is 4.33. The zero-order valence-corrected chi connectivity index (χ0v) is 10.7. The van der Waals surface area contributed by atoms with Crippen LogP contribution in [0.4, 0.5) is 0 Å². The first-order chi connectivity index (χ1) is 7.65. The summed E-state index contributed by atoms with van der Waals surface area (Å²) in [6.07, 6.45) is 1.63. The number of halogens is 1. The van der Waals surface area contributed by atoms with Gasteiger partial charge in [-0.25, -0.2) is 4.68 Å². The summed E-state index contributed by atoms with van der Waals surface area (Å²) in [7, 11) is 0. The summed E-state index contributed by atoms with van der Waals surface area (Å²) in [4.78, 5) is 0. The predicted molar refractivity (Wildman–Crippen MR) is 64.2 cm³/mol. The maximum absolute atomic E-state index is 5.66. The van der Waals surface area contributed by atoms with Gasteiger partial charge in [-0.15, -0.1) is 5.10 Å². The molecule has 2 aromatic rings. The molecule has 5 nitrogen and oxygen atoms in total. The van der Waals surface area contributed by atoms with Gasteiger partial charge < -0.3 is 5.73 Å². The van der Waals surface area contributed by atoms with E-state index in [9.17, 15) is 0 Å². The second-order valence-corrected chi connectivity index (χ2v) is 4.27. The van der Waals surface area contributed by atoms with Gasteiger partial charge >= 0.3 is 0 Å². The van der Waals surface area contributed by atoms with E-state index in [1.54, 1.807) is 10.9 Å². The smallest absolute Gasteiger partial charge is 0.180 e. The molecule has 0 fully saturated rings. The Bertz CT molecular complexity index is 520. The SMILES string of the molecule is Cc1nn(-c2nnccc2CN)c(C)c1Br. The van der Waals surface area contributed by atoms with Gasteiger partial charge in [-0.2, -0.15) is 10.2 Å². The minimum Gasteiger partial charge on any atom is -0.326 e. The second-order valence-electron chi connectivity index (χ2n) is 3.48. The second kappa shape index (κ2) is 4.31. The van der Waals surface area contributed by atoms with Crippen LogP contribution in [0.1, 0.15) is 17.0 Å². The molecule has 0 aliphatic rings. The van der Waals surface area contributed by atoms with Crippen LogP contribution in [0.15, 0.2) is 16.7 Å². The Balaban J connectivity index is 2.63. The molecule has 0 saturated heterocycles. The zero-order chi connectivity index (χ0) is 11.7. The van der Waals surface area contributed by atoms with Crippen LogP contribution in [0.3, 0.4) is 0 Å². The quantitative estimate of drug-likeness (QED) is 0.906. The molecule has 2 rings (SSSR count). The number of aromatic nitrogens is 4. The van der Waals surface area contributed by atoms with Crippen LogP contribution in [-0.4, -0.2) is 20.0 Å². The molecule has 0 aromatic carbocycles. The van der Waals surface area contributed by atoms with Crippen LogP contribution in [-0.2, 0) is 6.54 Å². The molecule has 2 aromatic heterocycles. The molecule has 0 amide bonds. The van der Waals surface area contributed by atoms with Crippen molar-refractivity contribution in [2.24, 2.45) is 5.73 Å². The molecule has 2 heterocycles. The fourth-order valence-corrected chi connectivity index (χ4v) is 1.76. The van der Waals surface area contributed by atoms with E-state index in [0.29, 0.717) is 12.4 Å². The third kappa shape index (κ3) is 1.74. The molecule has 0 aliphatic heterocycles. The van der Waals surface area contributed by atoms with E-state index in [4.69, 9.17) is 5.73 Å². The molecule has 6 heteroatoms. The fraction of sp³-hybridized carbons (Fsp3) is 0.300. The summed E-state index contributed by atoms with van der Waals surface area (Å²) in [5.74, 6) is 0.691. The Hall–Kier alpha value is -1.27. The van der Waals surface area contributed by atoms with E-state index in [2.05, 4.69) is 31.2 Å². The molecule has 0 bridgehead atoms. The van der Waals surface area contributed by atoms with Gasteiger partial charge in [0.25, 0.3) is 0 Å². The largest absolute Gasteiger partial charge is 0.326 e. The monoisotopic (exact) mass is 281 g/mol. The highest BCUT2D eigenvalue weighted by Gasteiger charge is 2.13. The normalized spacial score (nSPS) is 10.8. The van der Waals surface area contributed by atoms with Gasteiger partial charge in [-0.05, 0) is 35.8 Å². The van der Waals surface area contributed by atoms with Gasteiger partial charge in [0.15, 0.2) is 5.82 Å². The first-order valence-electron chi connectivity index (χ1n) is 4.88. The Labute approximate surface area is 102 Å². The standard InChI is InChI=1S/C10H12BrN5/c1-6-9(11)7(2)16(15-6)10-8(5-12)3-4-13-14-10/h3-4H,5,12H2,1-2H3. The van der Waals surface area contributed by atoms with Crippen molar-refractivity contribution in [2.75, 3.05) is 0 Å². The summed E-state index contributed by atoms with van der Waals surface area (Å²) < 4.78 is 2.75. The van der Waals surface area contributed by atoms with Gasteiger partial charge in [0, 0.05) is 12.1 Å². The van der Waals surface area contributed by atoms with Crippen molar-refractivity contribution in [3.8, 4) is 5.82 Å². The van der Waals surface area contributed by atoms with Crippen molar-refractivity contribution in [3.63, 3.8) is 0 Å². The fourth-order valence-electron chi connectivity index (χ4n) is 1.52. The lowest BCUT2D eigenvalue weighted by Crippen LogP contribution is -2.10. The van der Waals surface area contributed by atoms with E-state index < -0.39 is 0 Å². The van der Waals surface area contributed by atoms with Crippen LogP contribution < -0.4 is 5.73 Å². The first-order valence-corrected chi connectivity index (χ1v) is 5.67. The van der Waals surface area contributed by atoms with Crippen LogP contribution in [0.25, 0.3) is 5.82 Å². The summed E-state index contributed by atoms with van der Waals surface area (Å²) in [6, 6.07) is 1.85. The number of nitrogens with zero attached hydrogens (tertiary/aromatic N) is 4. The lowest BCUT2D eigenvalue weighted by molar-refractivity contribution is 0.763. The topological polar surface area (TPSA) is 69.6 Å². The van der Waals surface area contributed by atoms with E-state index in [1.807, 2.05) is 19.9 Å².